The van der Waals surface area contributed by atoms with Gasteiger partial charge in [0.15, 0.2) is 0 Å². The second-order valence-corrected chi connectivity index (χ2v) is 9.19. The monoisotopic (exact) mass is 444 g/mol. The van der Waals surface area contributed by atoms with Crippen LogP contribution in [0.4, 0.5) is 0 Å². The maximum absolute atomic E-state index is 12.7. The minimum absolute atomic E-state index is 0.0299. The first-order valence-electron chi connectivity index (χ1n) is 7.35. The fourth-order valence-corrected chi connectivity index (χ4v) is 3.57. The summed E-state index contributed by atoms with van der Waals surface area (Å²) in [6, 6.07) is 11.7. The molecule has 0 atom stereocenters. The molecule has 0 fully saturated rings. The van der Waals surface area contributed by atoms with E-state index in [0.29, 0.717) is 6.54 Å². The number of amides is 1. The molecule has 134 valence electrons. The van der Waals surface area contributed by atoms with Gasteiger partial charge < -0.3 is 4.90 Å². The Morgan fingerprint density at radius 3 is 2.24 bits per heavy atom. The van der Waals surface area contributed by atoms with Crippen LogP contribution in [0.3, 0.4) is 0 Å². The topological polar surface area (TPSA) is 57.7 Å². The van der Waals surface area contributed by atoms with Crippen molar-refractivity contribution in [1.29, 1.82) is 0 Å². The van der Waals surface area contributed by atoms with E-state index in [9.17, 15) is 13.2 Å². The summed E-state index contributed by atoms with van der Waals surface area (Å²) in [7, 11) is 0.878. The number of rotatable bonds is 5. The number of halogens is 2. The first-order chi connectivity index (χ1) is 11.6. The summed E-state index contributed by atoms with van der Waals surface area (Å²) in [5.41, 5.74) is 1.11. The maximum atomic E-state index is 12.7. The fourth-order valence-electron chi connectivity index (χ4n) is 2.18. The zero-order valence-corrected chi connectivity index (χ0v) is 17.2. The van der Waals surface area contributed by atoms with Gasteiger partial charge in [0.05, 0.1) is 15.5 Å². The van der Waals surface area contributed by atoms with Crippen LogP contribution in [0.25, 0.3) is 0 Å². The van der Waals surface area contributed by atoms with Gasteiger partial charge >= 0.3 is 0 Å². The number of carbonyl (C=O) groups excluding carboxylic acids is 1. The van der Waals surface area contributed by atoms with E-state index in [1.165, 1.54) is 37.2 Å². The normalized spacial score (nSPS) is 11.6. The number of hydrogen-bond donors (Lipinski definition) is 0. The molecule has 8 heteroatoms. The van der Waals surface area contributed by atoms with Gasteiger partial charge in [0.1, 0.15) is 0 Å². The largest absolute Gasteiger partial charge is 0.337 e. The molecule has 0 aliphatic rings. The number of carbonyl (C=O) groups is 1. The molecule has 2 aromatic carbocycles. The molecule has 0 unspecified atom stereocenters. The Labute approximate surface area is 161 Å². The van der Waals surface area contributed by atoms with Crippen molar-refractivity contribution in [3.8, 4) is 0 Å². The lowest BCUT2D eigenvalue weighted by Crippen LogP contribution is -2.27. The highest BCUT2D eigenvalue weighted by molar-refractivity contribution is 9.10. The van der Waals surface area contributed by atoms with Gasteiger partial charge in [-0.05, 0) is 35.9 Å². The average molecular weight is 446 g/mol. The third-order valence-electron chi connectivity index (χ3n) is 3.63. The van der Waals surface area contributed by atoms with Gasteiger partial charge in [-0.1, -0.05) is 39.7 Å². The van der Waals surface area contributed by atoms with Crippen LogP contribution in [0.5, 0.6) is 0 Å². The molecule has 0 aliphatic carbocycles. The molecular weight excluding hydrogens is 428 g/mol. The van der Waals surface area contributed by atoms with Crippen molar-refractivity contribution in [3.63, 3.8) is 0 Å². The van der Waals surface area contributed by atoms with Crippen molar-refractivity contribution >= 4 is 43.5 Å². The standard InChI is InChI=1S/C17H18BrClN2O3S/c1-20(2)25(23,24)14-8-9-16(19)15(10-14)17(22)21(3)11-12-4-6-13(18)7-5-12/h4-10H,11H2,1-3H3. The highest BCUT2D eigenvalue weighted by Gasteiger charge is 2.22. The first kappa shape index (κ1) is 19.9. The van der Waals surface area contributed by atoms with Crippen LogP contribution in [-0.2, 0) is 16.6 Å². The lowest BCUT2D eigenvalue weighted by Gasteiger charge is -2.19. The molecule has 0 aliphatic heterocycles. The Balaban J connectivity index is 2.30. The number of hydrogen-bond acceptors (Lipinski definition) is 3. The molecule has 0 saturated heterocycles. The predicted molar refractivity (Wildman–Crippen MR) is 102 cm³/mol. The quantitative estimate of drug-likeness (QED) is 0.706. The molecule has 2 rings (SSSR count). The second kappa shape index (κ2) is 7.86. The molecule has 0 saturated carbocycles. The molecule has 0 spiro atoms. The summed E-state index contributed by atoms with van der Waals surface area (Å²) in [5, 5.41) is 0.213. The Morgan fingerprint density at radius 2 is 1.68 bits per heavy atom. The highest BCUT2D eigenvalue weighted by atomic mass is 79.9. The van der Waals surface area contributed by atoms with E-state index in [2.05, 4.69) is 15.9 Å². The van der Waals surface area contributed by atoms with Gasteiger partial charge in [0.25, 0.3) is 5.91 Å². The van der Waals surface area contributed by atoms with E-state index in [0.717, 1.165) is 14.3 Å². The molecular formula is C17H18BrClN2O3S. The summed E-state index contributed by atoms with van der Waals surface area (Å²) in [6.07, 6.45) is 0. The molecule has 0 heterocycles. The molecule has 0 aromatic heterocycles. The first-order valence-corrected chi connectivity index (χ1v) is 9.96. The van der Waals surface area contributed by atoms with Crippen LogP contribution < -0.4 is 0 Å². The SMILES string of the molecule is CN(Cc1ccc(Br)cc1)C(=O)c1cc(S(=O)(=O)N(C)C)ccc1Cl. The molecule has 0 bridgehead atoms. The molecule has 25 heavy (non-hydrogen) atoms. The van der Waals surface area contributed by atoms with Crippen molar-refractivity contribution in [2.75, 3.05) is 21.1 Å². The summed E-state index contributed by atoms with van der Waals surface area (Å²) < 4.78 is 26.6. The van der Waals surface area contributed by atoms with Crippen LogP contribution in [0.15, 0.2) is 51.8 Å². The van der Waals surface area contributed by atoms with E-state index >= 15 is 0 Å². The van der Waals surface area contributed by atoms with Crippen molar-refractivity contribution in [2.45, 2.75) is 11.4 Å². The lowest BCUT2D eigenvalue weighted by molar-refractivity contribution is 0.0785. The summed E-state index contributed by atoms with van der Waals surface area (Å²) in [5.74, 6) is -0.344. The minimum atomic E-state index is -3.64. The third kappa shape index (κ3) is 4.61. The Bertz CT molecular complexity index is 883. The van der Waals surface area contributed by atoms with Gasteiger partial charge in [-0.15, -0.1) is 0 Å². The lowest BCUT2D eigenvalue weighted by atomic mass is 10.1. The smallest absolute Gasteiger partial charge is 0.255 e. The van der Waals surface area contributed by atoms with Crippen LogP contribution in [0, 0.1) is 0 Å². The summed E-state index contributed by atoms with van der Waals surface area (Å²) in [6.45, 7) is 0.382. The van der Waals surface area contributed by atoms with E-state index < -0.39 is 10.0 Å². The van der Waals surface area contributed by atoms with Crippen LogP contribution in [0.2, 0.25) is 5.02 Å². The van der Waals surface area contributed by atoms with Crippen LogP contribution in [-0.4, -0.2) is 44.7 Å². The van der Waals surface area contributed by atoms with Crippen LogP contribution in [0.1, 0.15) is 15.9 Å². The van der Waals surface area contributed by atoms with Crippen molar-refractivity contribution in [2.24, 2.45) is 0 Å². The van der Waals surface area contributed by atoms with Crippen molar-refractivity contribution in [1.82, 2.24) is 9.21 Å². The molecule has 0 N–H and O–H groups in total. The fraction of sp³-hybridized carbons (Fsp3) is 0.235. The van der Waals surface area contributed by atoms with Gasteiger partial charge in [-0.2, -0.15) is 0 Å². The molecule has 1 amide bonds. The predicted octanol–water partition coefficient (Wildman–Crippen LogP) is 3.63. The van der Waals surface area contributed by atoms with E-state index in [4.69, 9.17) is 11.6 Å². The van der Waals surface area contributed by atoms with Crippen molar-refractivity contribution in [3.05, 3.63) is 63.1 Å². The van der Waals surface area contributed by atoms with E-state index in [-0.39, 0.29) is 21.4 Å². The molecule has 5 nitrogen and oxygen atoms in total. The summed E-state index contributed by atoms with van der Waals surface area (Å²) >= 11 is 9.49. The van der Waals surface area contributed by atoms with E-state index in [1.54, 1.807) is 7.05 Å². The number of sulfonamides is 1. The zero-order valence-electron chi connectivity index (χ0n) is 14.0. The Morgan fingerprint density at radius 1 is 1.08 bits per heavy atom. The third-order valence-corrected chi connectivity index (χ3v) is 6.30. The average Bonchev–Trinajstić information content (AvgIpc) is 2.56. The van der Waals surface area contributed by atoms with Crippen molar-refractivity contribution < 1.29 is 13.2 Å². The number of nitrogens with zero attached hydrogens (tertiary/aromatic N) is 2. The Kier molecular flexibility index (Phi) is 6.26. The van der Waals surface area contributed by atoms with Gasteiger partial charge in [-0.3, -0.25) is 4.79 Å². The Hall–Kier alpha value is -1.41. The second-order valence-electron chi connectivity index (χ2n) is 5.72. The van der Waals surface area contributed by atoms with Gasteiger partial charge in [0, 0.05) is 32.2 Å². The van der Waals surface area contributed by atoms with Gasteiger partial charge in [-0.25, -0.2) is 12.7 Å². The maximum Gasteiger partial charge on any atom is 0.255 e. The minimum Gasteiger partial charge on any atom is -0.337 e. The zero-order chi connectivity index (χ0) is 18.8. The van der Waals surface area contributed by atoms with Crippen LogP contribution >= 0.6 is 27.5 Å². The highest BCUT2D eigenvalue weighted by Crippen LogP contribution is 2.24. The number of benzene rings is 2. The van der Waals surface area contributed by atoms with E-state index in [1.807, 2.05) is 24.3 Å². The molecule has 2 aromatic rings. The van der Waals surface area contributed by atoms with Gasteiger partial charge in [0.2, 0.25) is 10.0 Å². The molecule has 0 radical (unpaired) electrons. The summed E-state index contributed by atoms with van der Waals surface area (Å²) in [4.78, 5) is 14.2.